The Morgan fingerprint density at radius 2 is 1.87 bits per heavy atom. The highest BCUT2D eigenvalue weighted by Crippen LogP contribution is 2.34. The number of hydrogen-bond donors (Lipinski definition) is 1. The average Bonchev–Trinajstić information content (AvgIpc) is 2.24. The first-order valence-corrected chi connectivity index (χ1v) is 5.48. The smallest absolute Gasteiger partial charge is 0.213 e. The molecule has 0 aliphatic rings. The molecule has 0 aliphatic heterocycles. The summed E-state index contributed by atoms with van der Waals surface area (Å²) in [5.74, 6) is 0.860. The molecule has 1 heterocycles. The second-order valence-electron chi connectivity index (χ2n) is 5.62. The number of rotatable bonds is 2. The van der Waals surface area contributed by atoms with Gasteiger partial charge in [0.1, 0.15) is 0 Å². The summed E-state index contributed by atoms with van der Waals surface area (Å²) in [5, 5.41) is 14.4. The molecule has 0 aromatic carbocycles. The number of aromatic nitrogens is 2. The fourth-order valence-electron chi connectivity index (χ4n) is 1.87. The summed E-state index contributed by atoms with van der Waals surface area (Å²) in [7, 11) is 1.79. The summed E-state index contributed by atoms with van der Waals surface area (Å²) in [6.45, 7) is 10.6. The Balaban J connectivity index is 3.21. The van der Waals surface area contributed by atoms with Gasteiger partial charge in [-0.25, -0.2) is 4.68 Å². The van der Waals surface area contributed by atoms with Gasteiger partial charge < -0.3 is 5.11 Å². The van der Waals surface area contributed by atoms with Crippen molar-refractivity contribution in [2.24, 2.45) is 13.0 Å². The molecule has 3 nitrogen and oxygen atoms in total. The van der Waals surface area contributed by atoms with Gasteiger partial charge in [0.15, 0.2) is 0 Å². The second-order valence-corrected chi connectivity index (χ2v) is 5.62. The van der Waals surface area contributed by atoms with Crippen molar-refractivity contribution in [2.45, 2.75) is 46.5 Å². The van der Waals surface area contributed by atoms with E-state index in [4.69, 9.17) is 0 Å². The van der Waals surface area contributed by atoms with Gasteiger partial charge in [0.2, 0.25) is 5.88 Å². The minimum atomic E-state index is -0.0530. The van der Waals surface area contributed by atoms with Crippen LogP contribution in [0.25, 0.3) is 0 Å². The topological polar surface area (TPSA) is 38.0 Å². The Labute approximate surface area is 92.1 Å². The Bertz CT molecular complexity index is 345. The minimum absolute atomic E-state index is 0.0530. The zero-order chi connectivity index (χ0) is 11.8. The molecule has 0 spiro atoms. The van der Waals surface area contributed by atoms with E-state index in [1.807, 2.05) is 0 Å². The molecule has 0 saturated heterocycles. The molecule has 1 N–H and O–H groups in total. The van der Waals surface area contributed by atoms with Crippen LogP contribution in [0.3, 0.4) is 0 Å². The van der Waals surface area contributed by atoms with Crippen LogP contribution in [0.1, 0.15) is 45.9 Å². The van der Waals surface area contributed by atoms with E-state index in [2.05, 4.69) is 39.7 Å². The molecule has 1 aromatic rings. The summed E-state index contributed by atoms with van der Waals surface area (Å²) in [5.41, 5.74) is 1.96. The van der Waals surface area contributed by atoms with Crippen LogP contribution in [0.2, 0.25) is 0 Å². The first-order chi connectivity index (χ1) is 6.73. The quantitative estimate of drug-likeness (QED) is 0.815. The summed E-state index contributed by atoms with van der Waals surface area (Å²) in [6.07, 6.45) is 0.918. The van der Waals surface area contributed by atoms with Gasteiger partial charge in [-0.2, -0.15) is 5.10 Å². The van der Waals surface area contributed by atoms with E-state index in [9.17, 15) is 5.11 Å². The first kappa shape index (κ1) is 12.1. The van der Waals surface area contributed by atoms with Crippen LogP contribution in [0, 0.1) is 5.92 Å². The predicted molar refractivity (Wildman–Crippen MR) is 62.1 cm³/mol. The molecule has 0 amide bonds. The van der Waals surface area contributed by atoms with E-state index < -0.39 is 0 Å². The standard InChI is InChI=1S/C12H22N2O/c1-8(2)7-9-10(12(3,4)5)11(15)14(6)13-9/h8,15H,7H2,1-6H3. The van der Waals surface area contributed by atoms with E-state index in [1.165, 1.54) is 0 Å². The molecule has 0 radical (unpaired) electrons. The monoisotopic (exact) mass is 210 g/mol. The average molecular weight is 210 g/mol. The molecule has 0 bridgehead atoms. The molecule has 0 atom stereocenters. The highest BCUT2D eigenvalue weighted by Gasteiger charge is 2.26. The largest absolute Gasteiger partial charge is 0.493 e. The van der Waals surface area contributed by atoms with Crippen LogP contribution in [-0.4, -0.2) is 14.9 Å². The number of aromatic hydroxyl groups is 1. The molecule has 1 aromatic heterocycles. The molecule has 1 rings (SSSR count). The van der Waals surface area contributed by atoms with Crippen molar-refractivity contribution in [3.05, 3.63) is 11.3 Å². The summed E-state index contributed by atoms with van der Waals surface area (Å²) in [4.78, 5) is 0. The molecule has 15 heavy (non-hydrogen) atoms. The van der Waals surface area contributed by atoms with Gasteiger partial charge in [0.25, 0.3) is 0 Å². The maximum absolute atomic E-state index is 9.97. The normalized spacial score (nSPS) is 12.5. The van der Waals surface area contributed by atoms with Gasteiger partial charge in [0, 0.05) is 12.6 Å². The van der Waals surface area contributed by atoms with Crippen LogP contribution in [0.4, 0.5) is 0 Å². The molecule has 0 saturated carbocycles. The van der Waals surface area contributed by atoms with Gasteiger partial charge in [-0.1, -0.05) is 34.6 Å². The van der Waals surface area contributed by atoms with E-state index in [1.54, 1.807) is 11.7 Å². The molecule has 0 fully saturated rings. The van der Waals surface area contributed by atoms with E-state index in [0.717, 1.165) is 17.7 Å². The fourth-order valence-corrected chi connectivity index (χ4v) is 1.87. The molecular formula is C12H22N2O. The number of aryl methyl sites for hydroxylation is 1. The summed E-state index contributed by atoms with van der Waals surface area (Å²) < 4.78 is 1.57. The third-order valence-corrected chi connectivity index (χ3v) is 2.44. The van der Waals surface area contributed by atoms with Crippen LogP contribution in [0.15, 0.2) is 0 Å². The van der Waals surface area contributed by atoms with Crippen molar-refractivity contribution < 1.29 is 5.11 Å². The molecule has 86 valence electrons. The van der Waals surface area contributed by atoms with Gasteiger partial charge in [-0.3, -0.25) is 0 Å². The second kappa shape index (κ2) is 3.87. The zero-order valence-electron chi connectivity index (χ0n) is 10.6. The lowest BCUT2D eigenvalue weighted by atomic mass is 9.85. The lowest BCUT2D eigenvalue weighted by Crippen LogP contribution is -2.14. The molecule has 0 unspecified atom stereocenters. The Morgan fingerprint density at radius 1 is 1.33 bits per heavy atom. The highest BCUT2D eigenvalue weighted by atomic mass is 16.3. The van der Waals surface area contributed by atoms with Crippen molar-refractivity contribution in [2.75, 3.05) is 0 Å². The Hall–Kier alpha value is -0.990. The third kappa shape index (κ3) is 2.52. The van der Waals surface area contributed by atoms with Crippen molar-refractivity contribution in [1.29, 1.82) is 0 Å². The van der Waals surface area contributed by atoms with E-state index >= 15 is 0 Å². The minimum Gasteiger partial charge on any atom is -0.493 e. The SMILES string of the molecule is CC(C)Cc1nn(C)c(O)c1C(C)(C)C. The lowest BCUT2D eigenvalue weighted by Gasteiger charge is -2.19. The van der Waals surface area contributed by atoms with Crippen molar-refractivity contribution in [3.8, 4) is 5.88 Å². The van der Waals surface area contributed by atoms with Crippen LogP contribution >= 0.6 is 0 Å². The highest BCUT2D eigenvalue weighted by molar-refractivity contribution is 5.37. The van der Waals surface area contributed by atoms with E-state index in [0.29, 0.717) is 11.8 Å². The maximum atomic E-state index is 9.97. The Morgan fingerprint density at radius 3 is 2.27 bits per heavy atom. The third-order valence-electron chi connectivity index (χ3n) is 2.44. The maximum Gasteiger partial charge on any atom is 0.213 e. The van der Waals surface area contributed by atoms with Crippen LogP contribution < -0.4 is 0 Å². The lowest BCUT2D eigenvalue weighted by molar-refractivity contribution is 0.401. The first-order valence-electron chi connectivity index (χ1n) is 5.48. The van der Waals surface area contributed by atoms with Gasteiger partial charge in [0.05, 0.1) is 5.69 Å². The number of nitrogens with zero attached hydrogens (tertiary/aromatic N) is 2. The van der Waals surface area contributed by atoms with Crippen molar-refractivity contribution >= 4 is 0 Å². The molecule has 3 heteroatoms. The summed E-state index contributed by atoms with van der Waals surface area (Å²) in [6, 6.07) is 0. The van der Waals surface area contributed by atoms with Gasteiger partial charge in [-0.15, -0.1) is 0 Å². The number of hydrogen-bond acceptors (Lipinski definition) is 2. The van der Waals surface area contributed by atoms with Crippen LogP contribution in [0.5, 0.6) is 5.88 Å². The predicted octanol–water partition coefficient (Wildman–Crippen LogP) is 2.62. The van der Waals surface area contributed by atoms with Gasteiger partial charge in [-0.05, 0) is 17.8 Å². The molecular weight excluding hydrogens is 188 g/mol. The van der Waals surface area contributed by atoms with Crippen LogP contribution in [-0.2, 0) is 18.9 Å². The van der Waals surface area contributed by atoms with Gasteiger partial charge >= 0.3 is 0 Å². The molecule has 0 aliphatic carbocycles. The Kier molecular flexibility index (Phi) is 3.12. The van der Waals surface area contributed by atoms with Crippen molar-refractivity contribution in [1.82, 2.24) is 9.78 Å². The van der Waals surface area contributed by atoms with E-state index in [-0.39, 0.29) is 5.41 Å². The summed E-state index contributed by atoms with van der Waals surface area (Å²) >= 11 is 0. The fraction of sp³-hybridized carbons (Fsp3) is 0.750. The van der Waals surface area contributed by atoms with Crippen molar-refractivity contribution in [3.63, 3.8) is 0 Å². The zero-order valence-corrected chi connectivity index (χ0v) is 10.6.